The summed E-state index contributed by atoms with van der Waals surface area (Å²) in [5.41, 5.74) is 0.844. The fourth-order valence-corrected chi connectivity index (χ4v) is 2.17. The molecule has 2 aromatic heterocycles. The minimum Gasteiger partial charge on any atom is -0.481 e. The van der Waals surface area contributed by atoms with Gasteiger partial charge in [-0.05, 0) is 12.8 Å². The zero-order valence-electron chi connectivity index (χ0n) is 11.3. The Labute approximate surface area is 116 Å². The predicted molar refractivity (Wildman–Crippen MR) is 73.1 cm³/mol. The lowest BCUT2D eigenvalue weighted by atomic mass is 10.2. The number of rotatable bonds is 5. The van der Waals surface area contributed by atoms with E-state index in [4.69, 9.17) is 9.47 Å². The van der Waals surface area contributed by atoms with Gasteiger partial charge in [-0.2, -0.15) is 10.1 Å². The van der Waals surface area contributed by atoms with Crippen molar-refractivity contribution in [1.29, 1.82) is 0 Å². The highest BCUT2D eigenvalue weighted by Crippen LogP contribution is 2.17. The summed E-state index contributed by atoms with van der Waals surface area (Å²) in [6.45, 7) is 1.63. The number of methoxy groups -OCH3 is 1. The van der Waals surface area contributed by atoms with Crippen molar-refractivity contribution < 1.29 is 9.47 Å². The van der Waals surface area contributed by atoms with Crippen LogP contribution in [0.5, 0.6) is 5.88 Å². The van der Waals surface area contributed by atoms with Gasteiger partial charge in [0.15, 0.2) is 0 Å². The Kier molecular flexibility index (Phi) is 3.78. The van der Waals surface area contributed by atoms with Crippen molar-refractivity contribution in [3.8, 4) is 5.88 Å². The molecule has 1 saturated heterocycles. The van der Waals surface area contributed by atoms with E-state index in [1.165, 1.54) is 0 Å². The first-order chi connectivity index (χ1) is 9.83. The van der Waals surface area contributed by atoms with Crippen LogP contribution < -0.4 is 10.1 Å². The van der Waals surface area contributed by atoms with Crippen molar-refractivity contribution in [2.24, 2.45) is 0 Å². The molecule has 106 valence electrons. The third kappa shape index (κ3) is 3.05. The van der Waals surface area contributed by atoms with E-state index in [0.29, 0.717) is 11.8 Å². The van der Waals surface area contributed by atoms with E-state index in [2.05, 4.69) is 20.4 Å². The lowest BCUT2D eigenvalue weighted by Crippen LogP contribution is -2.15. The molecule has 7 heteroatoms. The Hall–Kier alpha value is -2.15. The van der Waals surface area contributed by atoms with Crippen molar-refractivity contribution in [3.05, 3.63) is 24.7 Å². The first-order valence-corrected chi connectivity index (χ1v) is 6.61. The molecule has 1 aliphatic heterocycles. The number of anilines is 2. The molecule has 0 saturated carbocycles. The molecule has 0 spiro atoms. The van der Waals surface area contributed by atoms with Crippen LogP contribution in [0.15, 0.2) is 24.7 Å². The summed E-state index contributed by atoms with van der Waals surface area (Å²) < 4.78 is 12.5. The number of ether oxygens (including phenoxy) is 2. The molecule has 2 aromatic rings. The first-order valence-electron chi connectivity index (χ1n) is 6.61. The second-order valence-corrected chi connectivity index (χ2v) is 4.63. The van der Waals surface area contributed by atoms with Crippen molar-refractivity contribution in [3.63, 3.8) is 0 Å². The molecule has 3 rings (SSSR count). The van der Waals surface area contributed by atoms with Crippen LogP contribution in [0.2, 0.25) is 0 Å². The molecule has 0 bridgehead atoms. The van der Waals surface area contributed by atoms with Gasteiger partial charge < -0.3 is 14.8 Å². The van der Waals surface area contributed by atoms with E-state index in [1.807, 2.05) is 10.9 Å². The molecular formula is C13H17N5O2. The largest absolute Gasteiger partial charge is 0.481 e. The highest BCUT2D eigenvalue weighted by atomic mass is 16.5. The molecule has 1 N–H and O–H groups in total. The molecule has 1 unspecified atom stereocenters. The summed E-state index contributed by atoms with van der Waals surface area (Å²) in [7, 11) is 1.58. The quantitative estimate of drug-likeness (QED) is 0.893. The maximum atomic E-state index is 5.59. The number of hydrogen-bond acceptors (Lipinski definition) is 6. The maximum Gasteiger partial charge on any atom is 0.230 e. The van der Waals surface area contributed by atoms with Crippen LogP contribution in [-0.2, 0) is 11.3 Å². The van der Waals surface area contributed by atoms with Crippen LogP contribution in [0.25, 0.3) is 0 Å². The fraction of sp³-hybridized carbons (Fsp3) is 0.462. The number of nitrogens with zero attached hydrogens (tertiary/aromatic N) is 4. The topological polar surface area (TPSA) is 74.1 Å². The van der Waals surface area contributed by atoms with E-state index in [1.54, 1.807) is 25.6 Å². The monoisotopic (exact) mass is 275 g/mol. The molecule has 1 atom stereocenters. The van der Waals surface area contributed by atoms with Crippen LogP contribution in [0, 0.1) is 0 Å². The van der Waals surface area contributed by atoms with Crippen molar-refractivity contribution in [2.75, 3.05) is 19.0 Å². The van der Waals surface area contributed by atoms with Crippen LogP contribution in [0.3, 0.4) is 0 Å². The van der Waals surface area contributed by atoms with Gasteiger partial charge in [0.2, 0.25) is 11.8 Å². The van der Waals surface area contributed by atoms with Gasteiger partial charge in [-0.15, -0.1) is 0 Å². The fourth-order valence-electron chi connectivity index (χ4n) is 2.17. The summed E-state index contributed by atoms with van der Waals surface area (Å²) in [6.07, 6.45) is 7.82. The number of hydrogen-bond donors (Lipinski definition) is 1. The van der Waals surface area contributed by atoms with Gasteiger partial charge in [-0.1, -0.05) is 0 Å². The highest BCUT2D eigenvalue weighted by Gasteiger charge is 2.16. The molecule has 7 nitrogen and oxygen atoms in total. The van der Waals surface area contributed by atoms with E-state index in [-0.39, 0.29) is 6.10 Å². The number of nitrogens with one attached hydrogen (secondary N) is 1. The molecule has 3 heterocycles. The van der Waals surface area contributed by atoms with Crippen molar-refractivity contribution in [2.45, 2.75) is 25.5 Å². The Balaban J connectivity index is 1.63. The van der Waals surface area contributed by atoms with E-state index >= 15 is 0 Å². The standard InChI is InChI=1S/C13H17N5O2/c1-19-12-4-5-14-13(17-12)16-10-7-15-18(8-10)9-11-3-2-6-20-11/h4-5,7-8,11H,2-3,6,9H2,1H3,(H,14,16,17). The molecule has 20 heavy (non-hydrogen) atoms. The van der Waals surface area contributed by atoms with Gasteiger partial charge in [0.1, 0.15) is 0 Å². The van der Waals surface area contributed by atoms with E-state index in [9.17, 15) is 0 Å². The van der Waals surface area contributed by atoms with Gasteiger partial charge in [0.05, 0.1) is 31.6 Å². The van der Waals surface area contributed by atoms with E-state index in [0.717, 1.165) is 31.7 Å². The van der Waals surface area contributed by atoms with Gasteiger partial charge in [-0.25, -0.2) is 4.98 Å². The van der Waals surface area contributed by atoms with Crippen LogP contribution >= 0.6 is 0 Å². The second kappa shape index (κ2) is 5.87. The summed E-state index contributed by atoms with van der Waals surface area (Å²) in [5.74, 6) is 1.01. The molecule has 0 radical (unpaired) electrons. The Morgan fingerprint density at radius 1 is 1.55 bits per heavy atom. The minimum absolute atomic E-state index is 0.274. The summed E-state index contributed by atoms with van der Waals surface area (Å²) in [6, 6.07) is 1.70. The molecule has 1 fully saturated rings. The van der Waals surface area contributed by atoms with E-state index < -0.39 is 0 Å². The lowest BCUT2D eigenvalue weighted by molar-refractivity contribution is 0.0940. The van der Waals surface area contributed by atoms with Gasteiger partial charge >= 0.3 is 0 Å². The van der Waals surface area contributed by atoms with Crippen LogP contribution in [-0.4, -0.2) is 39.6 Å². The smallest absolute Gasteiger partial charge is 0.230 e. The van der Waals surface area contributed by atoms with Crippen LogP contribution in [0.1, 0.15) is 12.8 Å². The summed E-state index contributed by atoms with van der Waals surface area (Å²) in [5, 5.41) is 7.40. The lowest BCUT2D eigenvalue weighted by Gasteiger charge is -2.08. The average Bonchev–Trinajstić information content (AvgIpc) is 3.12. The zero-order chi connectivity index (χ0) is 13.8. The summed E-state index contributed by atoms with van der Waals surface area (Å²) >= 11 is 0. The zero-order valence-corrected chi connectivity index (χ0v) is 11.3. The Bertz CT molecular complexity index is 565. The molecular weight excluding hydrogens is 258 g/mol. The van der Waals surface area contributed by atoms with Gasteiger partial charge in [0, 0.05) is 25.1 Å². The third-order valence-electron chi connectivity index (χ3n) is 3.14. The molecule has 0 aromatic carbocycles. The average molecular weight is 275 g/mol. The molecule has 1 aliphatic rings. The molecule has 0 aliphatic carbocycles. The van der Waals surface area contributed by atoms with Gasteiger partial charge in [-0.3, -0.25) is 4.68 Å². The first kappa shape index (κ1) is 12.9. The van der Waals surface area contributed by atoms with Gasteiger partial charge in [0.25, 0.3) is 0 Å². The maximum absolute atomic E-state index is 5.59. The molecule has 0 amide bonds. The minimum atomic E-state index is 0.274. The Morgan fingerprint density at radius 2 is 2.50 bits per heavy atom. The second-order valence-electron chi connectivity index (χ2n) is 4.63. The number of aromatic nitrogens is 4. The third-order valence-corrected chi connectivity index (χ3v) is 3.14. The predicted octanol–water partition coefficient (Wildman–Crippen LogP) is 1.60. The Morgan fingerprint density at radius 3 is 3.30 bits per heavy atom. The van der Waals surface area contributed by atoms with Crippen LogP contribution in [0.4, 0.5) is 11.6 Å². The summed E-state index contributed by atoms with van der Waals surface area (Å²) in [4.78, 5) is 8.32. The SMILES string of the molecule is COc1ccnc(Nc2cnn(CC3CCCO3)c2)n1. The van der Waals surface area contributed by atoms with Crippen molar-refractivity contribution >= 4 is 11.6 Å². The highest BCUT2D eigenvalue weighted by molar-refractivity contribution is 5.50. The normalized spacial score (nSPS) is 18.1. The van der Waals surface area contributed by atoms with Crippen molar-refractivity contribution in [1.82, 2.24) is 19.7 Å².